The number of hydrogen-bond acceptors (Lipinski definition) is 5. The van der Waals surface area contributed by atoms with E-state index in [9.17, 15) is 22.4 Å². The van der Waals surface area contributed by atoms with Crippen LogP contribution < -0.4 is 14.4 Å². The lowest BCUT2D eigenvalue weighted by Gasteiger charge is -2.34. The first-order chi connectivity index (χ1) is 21.6. The van der Waals surface area contributed by atoms with Crippen molar-refractivity contribution in [3.63, 3.8) is 0 Å². The molecule has 10 heteroatoms. The van der Waals surface area contributed by atoms with Crippen LogP contribution in [-0.4, -0.2) is 51.4 Å². The summed E-state index contributed by atoms with van der Waals surface area (Å²) in [5, 5.41) is 2.93. The second-order valence-corrected chi connectivity index (χ2v) is 12.5. The molecule has 236 valence electrons. The maximum absolute atomic E-state index is 14.4. The lowest BCUT2D eigenvalue weighted by atomic mass is 10.0. The molecule has 0 fully saturated rings. The molecule has 0 aliphatic carbocycles. The van der Waals surface area contributed by atoms with E-state index in [-0.39, 0.29) is 29.5 Å². The van der Waals surface area contributed by atoms with Crippen LogP contribution in [-0.2, 0) is 32.6 Å². The minimum Gasteiger partial charge on any atom is -0.497 e. The fraction of sp³-hybridized carbons (Fsp3) is 0.257. The van der Waals surface area contributed by atoms with Crippen LogP contribution in [0.15, 0.2) is 108 Å². The lowest BCUT2D eigenvalue weighted by molar-refractivity contribution is -0.140. The Hall–Kier alpha value is -4.70. The van der Waals surface area contributed by atoms with Gasteiger partial charge in [-0.15, -0.1) is 0 Å². The van der Waals surface area contributed by atoms with E-state index < -0.39 is 34.3 Å². The molecule has 0 aliphatic heterocycles. The van der Waals surface area contributed by atoms with Gasteiger partial charge in [0.05, 0.1) is 17.7 Å². The van der Waals surface area contributed by atoms with Gasteiger partial charge in [-0.2, -0.15) is 0 Å². The zero-order chi connectivity index (χ0) is 32.4. The van der Waals surface area contributed by atoms with E-state index in [1.165, 1.54) is 48.4 Å². The molecular formula is C35H38FN3O5S. The summed E-state index contributed by atoms with van der Waals surface area (Å²) < 4.78 is 48.2. The van der Waals surface area contributed by atoms with Crippen molar-refractivity contribution in [3.8, 4) is 5.75 Å². The van der Waals surface area contributed by atoms with Crippen molar-refractivity contribution in [2.75, 3.05) is 24.5 Å². The minimum atomic E-state index is -4.31. The fourth-order valence-electron chi connectivity index (χ4n) is 4.90. The number of amides is 2. The Morgan fingerprint density at radius 2 is 1.53 bits per heavy atom. The summed E-state index contributed by atoms with van der Waals surface area (Å²) in [4.78, 5) is 29.5. The number of nitrogens with one attached hydrogen (secondary N) is 1. The van der Waals surface area contributed by atoms with Crippen molar-refractivity contribution in [2.45, 2.75) is 44.2 Å². The number of aryl methyl sites for hydroxylation is 1. The van der Waals surface area contributed by atoms with E-state index >= 15 is 0 Å². The first-order valence-corrected chi connectivity index (χ1v) is 16.2. The number of halogens is 1. The molecule has 0 saturated heterocycles. The summed E-state index contributed by atoms with van der Waals surface area (Å²) in [5.74, 6) is -1.02. The number of ether oxygens (including phenoxy) is 1. The highest BCUT2D eigenvalue weighted by Crippen LogP contribution is 2.27. The van der Waals surface area contributed by atoms with Crippen molar-refractivity contribution in [1.82, 2.24) is 10.2 Å². The Kier molecular flexibility index (Phi) is 11.3. The molecule has 8 nitrogen and oxygen atoms in total. The van der Waals surface area contributed by atoms with Crippen LogP contribution in [0.1, 0.15) is 30.0 Å². The number of hydrogen-bond donors (Lipinski definition) is 1. The molecule has 0 aromatic heterocycles. The molecule has 45 heavy (non-hydrogen) atoms. The third-order valence-electron chi connectivity index (χ3n) is 7.46. The third-order valence-corrected chi connectivity index (χ3v) is 9.25. The van der Waals surface area contributed by atoms with Gasteiger partial charge in [-0.25, -0.2) is 12.8 Å². The number of carbonyl (C=O) groups excluding carboxylic acids is 2. The fourth-order valence-corrected chi connectivity index (χ4v) is 6.32. The van der Waals surface area contributed by atoms with Gasteiger partial charge in [0, 0.05) is 19.5 Å². The Labute approximate surface area is 264 Å². The number of benzene rings is 4. The molecule has 1 atom stereocenters. The monoisotopic (exact) mass is 631 g/mol. The van der Waals surface area contributed by atoms with Gasteiger partial charge in [-0.1, -0.05) is 61.5 Å². The van der Waals surface area contributed by atoms with E-state index in [1.807, 2.05) is 68.4 Å². The van der Waals surface area contributed by atoms with Gasteiger partial charge < -0.3 is 15.0 Å². The van der Waals surface area contributed by atoms with E-state index in [2.05, 4.69) is 5.32 Å². The number of carbonyl (C=O) groups is 2. The van der Waals surface area contributed by atoms with Crippen molar-refractivity contribution >= 4 is 27.5 Å². The minimum absolute atomic E-state index is 0.0718. The molecule has 4 aromatic carbocycles. The quantitative estimate of drug-likeness (QED) is 0.198. The van der Waals surface area contributed by atoms with Gasteiger partial charge in [0.15, 0.2) is 0 Å². The van der Waals surface area contributed by atoms with Crippen LogP contribution in [0.2, 0.25) is 0 Å². The van der Waals surface area contributed by atoms with Crippen LogP contribution >= 0.6 is 0 Å². The van der Waals surface area contributed by atoms with Gasteiger partial charge in [0.1, 0.15) is 24.2 Å². The van der Waals surface area contributed by atoms with Crippen LogP contribution in [0.4, 0.5) is 10.1 Å². The van der Waals surface area contributed by atoms with Gasteiger partial charge in [0.2, 0.25) is 11.8 Å². The highest BCUT2D eigenvalue weighted by Gasteiger charge is 2.34. The molecule has 0 bridgehead atoms. The van der Waals surface area contributed by atoms with Gasteiger partial charge in [-0.3, -0.25) is 13.9 Å². The summed E-state index contributed by atoms with van der Waals surface area (Å²) >= 11 is 0. The van der Waals surface area contributed by atoms with Crippen molar-refractivity contribution in [2.24, 2.45) is 0 Å². The zero-order valence-corrected chi connectivity index (χ0v) is 26.5. The lowest BCUT2D eigenvalue weighted by Crippen LogP contribution is -2.53. The van der Waals surface area contributed by atoms with Crippen LogP contribution in [0, 0.1) is 12.7 Å². The number of sulfonamides is 1. The largest absolute Gasteiger partial charge is 0.497 e. The van der Waals surface area contributed by atoms with Crippen LogP contribution in [0.5, 0.6) is 5.75 Å². The highest BCUT2D eigenvalue weighted by atomic mass is 32.2. The Morgan fingerprint density at radius 3 is 2.16 bits per heavy atom. The predicted molar refractivity (Wildman–Crippen MR) is 173 cm³/mol. The Balaban J connectivity index is 1.80. The number of methoxy groups -OCH3 is 1. The molecule has 0 heterocycles. The molecule has 0 spiro atoms. The second-order valence-electron chi connectivity index (χ2n) is 10.6. The van der Waals surface area contributed by atoms with Crippen molar-refractivity contribution in [3.05, 3.63) is 126 Å². The number of nitrogens with zero attached hydrogens (tertiary/aromatic N) is 2. The van der Waals surface area contributed by atoms with Crippen molar-refractivity contribution < 1.29 is 27.1 Å². The summed E-state index contributed by atoms with van der Waals surface area (Å²) in [6.45, 7) is 3.72. The van der Waals surface area contributed by atoms with E-state index in [0.29, 0.717) is 18.7 Å². The van der Waals surface area contributed by atoms with E-state index in [0.717, 1.165) is 33.1 Å². The number of rotatable bonds is 14. The van der Waals surface area contributed by atoms with Gasteiger partial charge in [-0.05, 0) is 78.6 Å². The van der Waals surface area contributed by atoms with Crippen LogP contribution in [0.3, 0.4) is 0 Å². The molecule has 0 saturated carbocycles. The normalized spacial score (nSPS) is 11.8. The average molecular weight is 632 g/mol. The maximum atomic E-state index is 14.4. The molecule has 4 rings (SSSR count). The second kappa shape index (κ2) is 15.3. The Bertz CT molecular complexity index is 1680. The molecule has 1 N–H and O–H groups in total. The molecule has 2 amide bonds. The average Bonchev–Trinajstić information content (AvgIpc) is 3.05. The molecule has 4 aromatic rings. The summed E-state index contributed by atoms with van der Waals surface area (Å²) in [5.41, 5.74) is 2.69. The first kappa shape index (κ1) is 33.2. The van der Waals surface area contributed by atoms with Gasteiger partial charge in [0.25, 0.3) is 10.0 Å². The number of anilines is 1. The third kappa shape index (κ3) is 8.48. The smallest absolute Gasteiger partial charge is 0.264 e. The summed E-state index contributed by atoms with van der Waals surface area (Å²) in [7, 11) is -2.84. The molecular weight excluding hydrogens is 593 g/mol. The predicted octanol–water partition coefficient (Wildman–Crippen LogP) is 5.50. The standard InChI is InChI=1S/C35H38FN3O5S/c1-4-22-37-35(41)33(23-27-11-6-5-7-12-27)38(24-28-13-9-8-10-26(28)2)34(40)25-39(30-16-14-29(36)15-17-30)45(42,43)32-20-18-31(44-3)19-21-32/h5-21,33H,4,22-25H2,1-3H3,(H,37,41)/t33-/m0/s1. The SMILES string of the molecule is CCCNC(=O)[C@H](Cc1ccccc1)N(Cc1ccccc1C)C(=O)CN(c1ccc(F)cc1)S(=O)(=O)c1ccc(OC)cc1. The van der Waals surface area contributed by atoms with Crippen molar-refractivity contribution in [1.29, 1.82) is 0 Å². The molecule has 0 radical (unpaired) electrons. The molecule has 0 unspecified atom stereocenters. The van der Waals surface area contributed by atoms with E-state index in [4.69, 9.17) is 4.74 Å². The summed E-state index contributed by atoms with van der Waals surface area (Å²) in [6.07, 6.45) is 0.920. The van der Waals surface area contributed by atoms with Gasteiger partial charge >= 0.3 is 0 Å². The Morgan fingerprint density at radius 1 is 0.889 bits per heavy atom. The van der Waals surface area contributed by atoms with Crippen LogP contribution in [0.25, 0.3) is 0 Å². The maximum Gasteiger partial charge on any atom is 0.264 e. The van der Waals surface area contributed by atoms with E-state index in [1.54, 1.807) is 0 Å². The topological polar surface area (TPSA) is 96.0 Å². The summed E-state index contributed by atoms with van der Waals surface area (Å²) in [6, 6.07) is 26.6. The molecule has 0 aliphatic rings. The zero-order valence-electron chi connectivity index (χ0n) is 25.6. The first-order valence-electron chi connectivity index (χ1n) is 14.7. The highest BCUT2D eigenvalue weighted by molar-refractivity contribution is 7.92.